The third kappa shape index (κ3) is 12.9. The maximum absolute atomic E-state index is 11.3. The van der Waals surface area contributed by atoms with Gasteiger partial charge >= 0.3 is 5.97 Å². The number of hydrogen-bond donors (Lipinski definition) is 0. The van der Waals surface area contributed by atoms with Crippen molar-refractivity contribution in [3.8, 4) is 0 Å². The molecular formula is C16H26O5. The number of hydrogen-bond acceptors (Lipinski definition) is 4. The van der Waals surface area contributed by atoms with E-state index < -0.39 is 0 Å². The Kier molecular flexibility index (Phi) is 16.5. The predicted molar refractivity (Wildman–Crippen MR) is 82.2 cm³/mol. The lowest BCUT2D eigenvalue weighted by molar-refractivity contribution is -0.128. The number of ether oxygens (including phenoxy) is 2. The molecule has 1 rings (SSSR count). The zero-order valence-electron chi connectivity index (χ0n) is 12.8. The summed E-state index contributed by atoms with van der Waals surface area (Å²) >= 11 is 0. The van der Waals surface area contributed by atoms with Crippen molar-refractivity contribution in [1.29, 1.82) is 0 Å². The molecule has 2 N–H and O–H groups in total. The molecule has 0 aliphatic heterocycles. The Morgan fingerprint density at radius 3 is 2.14 bits per heavy atom. The third-order valence-electron chi connectivity index (χ3n) is 2.42. The van der Waals surface area contributed by atoms with Crippen molar-refractivity contribution in [3.05, 3.63) is 35.9 Å². The fraction of sp³-hybridized carbons (Fsp3) is 0.500. The van der Waals surface area contributed by atoms with Crippen molar-refractivity contribution >= 4 is 12.4 Å². The van der Waals surface area contributed by atoms with E-state index in [2.05, 4.69) is 11.7 Å². The molecule has 1 aromatic carbocycles. The van der Waals surface area contributed by atoms with Crippen molar-refractivity contribution < 1.29 is 24.5 Å². The van der Waals surface area contributed by atoms with Gasteiger partial charge in [-0.2, -0.15) is 0 Å². The van der Waals surface area contributed by atoms with Crippen LogP contribution in [0.25, 0.3) is 0 Å². The van der Waals surface area contributed by atoms with Gasteiger partial charge in [-0.3, -0.25) is 4.79 Å². The van der Waals surface area contributed by atoms with Crippen LogP contribution in [0.3, 0.4) is 0 Å². The van der Waals surface area contributed by atoms with E-state index >= 15 is 0 Å². The molecular weight excluding hydrogens is 272 g/mol. The number of carbonyl (C=O) groups excluding carboxylic acids is 2. The van der Waals surface area contributed by atoms with E-state index in [0.29, 0.717) is 25.2 Å². The molecule has 0 fully saturated rings. The Morgan fingerprint density at radius 2 is 1.62 bits per heavy atom. The van der Waals surface area contributed by atoms with Crippen LogP contribution >= 0.6 is 0 Å². The van der Waals surface area contributed by atoms with Crippen LogP contribution in [0.5, 0.6) is 0 Å². The minimum atomic E-state index is -0.228. The lowest BCUT2D eigenvalue weighted by Gasteiger charge is -2.02. The first kappa shape index (κ1) is 21.4. The molecule has 0 atom stereocenters. The summed E-state index contributed by atoms with van der Waals surface area (Å²) in [5.74, 6) is -0.228. The summed E-state index contributed by atoms with van der Waals surface area (Å²) in [5.41, 5.74) is 0.624. The smallest absolute Gasteiger partial charge is 0.338 e. The molecule has 5 heteroatoms. The summed E-state index contributed by atoms with van der Waals surface area (Å²) in [6.45, 7) is 5.68. The summed E-state index contributed by atoms with van der Waals surface area (Å²) < 4.78 is 9.42. The molecule has 21 heavy (non-hydrogen) atoms. The largest absolute Gasteiger partial charge is 0.468 e. The van der Waals surface area contributed by atoms with Gasteiger partial charge in [0, 0.05) is 0 Å². The Labute approximate surface area is 126 Å². The van der Waals surface area contributed by atoms with Crippen LogP contribution in [0, 0.1) is 0 Å². The fourth-order valence-electron chi connectivity index (χ4n) is 1.24. The highest BCUT2D eigenvalue weighted by molar-refractivity contribution is 5.89. The number of unbranched alkanes of at least 4 members (excludes halogenated alkanes) is 2. The van der Waals surface area contributed by atoms with Gasteiger partial charge in [0.1, 0.15) is 0 Å². The molecule has 0 saturated carbocycles. The highest BCUT2D eigenvalue weighted by Gasteiger charge is 2.03. The molecule has 0 aliphatic rings. The zero-order valence-corrected chi connectivity index (χ0v) is 12.8. The summed E-state index contributed by atoms with van der Waals surface area (Å²) in [6, 6.07) is 9.05. The van der Waals surface area contributed by atoms with E-state index in [9.17, 15) is 9.59 Å². The minimum absolute atomic E-state index is 0. The first-order chi connectivity index (χ1) is 9.76. The molecule has 0 radical (unpaired) electrons. The first-order valence-corrected chi connectivity index (χ1v) is 7.03. The van der Waals surface area contributed by atoms with E-state index in [-0.39, 0.29) is 11.4 Å². The quantitative estimate of drug-likeness (QED) is 0.419. The molecule has 0 bridgehead atoms. The molecule has 0 aliphatic carbocycles. The summed E-state index contributed by atoms with van der Waals surface area (Å²) in [5, 5.41) is 0. The summed E-state index contributed by atoms with van der Waals surface area (Å²) in [4.78, 5) is 20.8. The second-order valence-electron chi connectivity index (χ2n) is 4.18. The van der Waals surface area contributed by atoms with E-state index in [4.69, 9.17) is 4.74 Å². The average Bonchev–Trinajstić information content (AvgIpc) is 2.49. The lowest BCUT2D eigenvalue weighted by atomic mass is 10.2. The highest BCUT2D eigenvalue weighted by atomic mass is 16.5. The van der Waals surface area contributed by atoms with Gasteiger partial charge in [-0.1, -0.05) is 44.9 Å². The van der Waals surface area contributed by atoms with Crippen LogP contribution < -0.4 is 0 Å². The van der Waals surface area contributed by atoms with E-state index in [0.717, 1.165) is 25.7 Å². The van der Waals surface area contributed by atoms with Gasteiger partial charge in [0.05, 0.1) is 18.8 Å². The minimum Gasteiger partial charge on any atom is -0.468 e. The second kappa shape index (κ2) is 16.2. The first-order valence-electron chi connectivity index (χ1n) is 7.03. The molecule has 5 nitrogen and oxygen atoms in total. The summed E-state index contributed by atoms with van der Waals surface area (Å²) in [6.07, 6.45) is 4.02. The Bertz CT molecular complexity index is 351. The van der Waals surface area contributed by atoms with Crippen molar-refractivity contribution in [1.82, 2.24) is 0 Å². The summed E-state index contributed by atoms with van der Waals surface area (Å²) in [7, 11) is 0. The van der Waals surface area contributed by atoms with Crippen molar-refractivity contribution in [2.45, 2.75) is 39.5 Å². The standard InChI is InChI=1S/C11H14O2.C5H10O2.H2O/c1-2-3-9-13-11(12)10-7-5-4-6-8-10;1-2-3-4-7-5-6;/h4-8H,2-3,9H2,1H3;5H,2-4H2,1H3;1H2. The Hall–Kier alpha value is -1.88. The molecule has 1 aromatic rings. The average molecular weight is 298 g/mol. The van der Waals surface area contributed by atoms with Gasteiger partial charge in [0.15, 0.2) is 0 Å². The van der Waals surface area contributed by atoms with Crippen molar-refractivity contribution in [2.24, 2.45) is 0 Å². The van der Waals surface area contributed by atoms with Gasteiger partial charge in [0.2, 0.25) is 0 Å². The maximum Gasteiger partial charge on any atom is 0.338 e. The fourth-order valence-corrected chi connectivity index (χ4v) is 1.24. The van der Waals surface area contributed by atoms with E-state index in [1.165, 1.54) is 0 Å². The monoisotopic (exact) mass is 298 g/mol. The van der Waals surface area contributed by atoms with Crippen LogP contribution in [0.4, 0.5) is 0 Å². The van der Waals surface area contributed by atoms with Gasteiger partial charge in [0.25, 0.3) is 6.47 Å². The molecule has 0 saturated heterocycles. The Balaban J connectivity index is 0. The predicted octanol–water partition coefficient (Wildman–Crippen LogP) is 2.78. The molecule has 0 aromatic heterocycles. The number of rotatable bonds is 8. The number of benzene rings is 1. The second-order valence-corrected chi connectivity index (χ2v) is 4.18. The van der Waals surface area contributed by atoms with Crippen LogP contribution in [0.15, 0.2) is 30.3 Å². The molecule has 0 spiro atoms. The highest BCUT2D eigenvalue weighted by Crippen LogP contribution is 2.01. The van der Waals surface area contributed by atoms with Crippen LogP contribution in [-0.4, -0.2) is 31.1 Å². The van der Waals surface area contributed by atoms with Gasteiger partial charge in [-0.05, 0) is 25.0 Å². The Morgan fingerprint density at radius 1 is 1.05 bits per heavy atom. The lowest BCUT2D eigenvalue weighted by Crippen LogP contribution is -2.05. The molecule has 0 unspecified atom stereocenters. The van der Waals surface area contributed by atoms with Gasteiger partial charge in [-0.15, -0.1) is 0 Å². The van der Waals surface area contributed by atoms with Crippen LogP contribution in [0.1, 0.15) is 49.9 Å². The molecule has 120 valence electrons. The van der Waals surface area contributed by atoms with Crippen molar-refractivity contribution in [3.63, 3.8) is 0 Å². The van der Waals surface area contributed by atoms with Crippen LogP contribution in [-0.2, 0) is 14.3 Å². The van der Waals surface area contributed by atoms with Gasteiger partial charge in [-0.25, -0.2) is 4.79 Å². The maximum atomic E-state index is 11.3. The third-order valence-corrected chi connectivity index (χ3v) is 2.42. The van der Waals surface area contributed by atoms with Gasteiger partial charge < -0.3 is 14.9 Å². The number of esters is 1. The van der Waals surface area contributed by atoms with E-state index in [1.807, 2.05) is 25.1 Å². The topological polar surface area (TPSA) is 84.1 Å². The normalized spacial score (nSPS) is 8.67. The molecule has 0 amide bonds. The zero-order chi connectivity index (χ0) is 15.1. The van der Waals surface area contributed by atoms with Crippen LogP contribution in [0.2, 0.25) is 0 Å². The number of carbonyl (C=O) groups is 2. The van der Waals surface area contributed by atoms with Crippen molar-refractivity contribution in [2.75, 3.05) is 13.2 Å². The van der Waals surface area contributed by atoms with E-state index in [1.54, 1.807) is 12.1 Å². The molecule has 0 heterocycles. The SMILES string of the molecule is CCCCOC(=O)c1ccccc1.CCCCOC=O.O.